The van der Waals surface area contributed by atoms with Gasteiger partial charge in [-0.2, -0.15) is 0 Å². The minimum absolute atomic E-state index is 0.661. The summed E-state index contributed by atoms with van der Waals surface area (Å²) in [5.74, 6) is 0. The fourth-order valence-corrected chi connectivity index (χ4v) is 3.19. The van der Waals surface area contributed by atoms with Crippen LogP contribution in [-0.4, -0.2) is 7.11 Å². The van der Waals surface area contributed by atoms with Crippen molar-refractivity contribution < 1.29 is 4.52 Å². The highest BCUT2D eigenvalue weighted by Gasteiger charge is 2.12. The molecule has 16 heavy (non-hydrogen) atoms. The maximum atomic E-state index is 5.63. The number of benzene rings is 2. The minimum Gasteiger partial charge on any atom is -0.353 e. The zero-order valence-electron chi connectivity index (χ0n) is 9.55. The highest BCUT2D eigenvalue weighted by molar-refractivity contribution is 7.68. The molecule has 1 unspecified atom stereocenters. The van der Waals surface area contributed by atoms with Crippen molar-refractivity contribution in [2.75, 3.05) is 7.11 Å². The Morgan fingerprint density at radius 2 is 1.38 bits per heavy atom. The first kappa shape index (κ1) is 11.3. The van der Waals surface area contributed by atoms with E-state index < -0.39 is 8.15 Å². The maximum Gasteiger partial charge on any atom is 0.0913 e. The fourth-order valence-electron chi connectivity index (χ4n) is 1.60. The summed E-state index contributed by atoms with van der Waals surface area (Å²) in [6, 6.07) is 18.9. The van der Waals surface area contributed by atoms with Gasteiger partial charge in [-0.3, -0.25) is 0 Å². The standard InChI is InChI=1S/C14H15OP/c1-12-8-10-14(11-9-12)16(15-2)13-6-4-3-5-7-13/h3-11H,1-2H3. The highest BCUT2D eigenvalue weighted by atomic mass is 31.1. The van der Waals surface area contributed by atoms with Gasteiger partial charge in [0.15, 0.2) is 0 Å². The lowest BCUT2D eigenvalue weighted by Gasteiger charge is -2.15. The average molecular weight is 230 g/mol. The van der Waals surface area contributed by atoms with E-state index in [0.717, 1.165) is 0 Å². The third kappa shape index (κ3) is 2.49. The molecule has 0 spiro atoms. The molecule has 0 fully saturated rings. The second-order valence-corrected chi connectivity index (χ2v) is 5.63. The van der Waals surface area contributed by atoms with Crippen LogP contribution in [0.15, 0.2) is 54.6 Å². The fraction of sp³-hybridized carbons (Fsp3) is 0.143. The molecule has 2 aromatic carbocycles. The van der Waals surface area contributed by atoms with Crippen molar-refractivity contribution in [3.05, 3.63) is 60.2 Å². The Labute approximate surface area is 97.9 Å². The van der Waals surface area contributed by atoms with Crippen LogP contribution in [0.1, 0.15) is 5.56 Å². The van der Waals surface area contributed by atoms with E-state index in [-0.39, 0.29) is 0 Å². The predicted octanol–water partition coefficient (Wildman–Crippen LogP) is 2.99. The third-order valence-corrected chi connectivity index (χ3v) is 4.34. The number of rotatable bonds is 3. The van der Waals surface area contributed by atoms with Crippen LogP contribution in [0.4, 0.5) is 0 Å². The summed E-state index contributed by atoms with van der Waals surface area (Å²) in [5.41, 5.74) is 1.28. The smallest absolute Gasteiger partial charge is 0.0913 e. The van der Waals surface area contributed by atoms with Crippen LogP contribution in [0.5, 0.6) is 0 Å². The van der Waals surface area contributed by atoms with Gasteiger partial charge in [-0.1, -0.05) is 60.2 Å². The normalized spacial score (nSPS) is 12.4. The van der Waals surface area contributed by atoms with E-state index in [1.165, 1.54) is 16.2 Å². The molecule has 0 aliphatic rings. The zero-order chi connectivity index (χ0) is 11.4. The minimum atomic E-state index is -0.661. The quantitative estimate of drug-likeness (QED) is 0.736. The molecule has 0 amide bonds. The van der Waals surface area contributed by atoms with Crippen molar-refractivity contribution >= 4 is 18.8 Å². The molecule has 0 bridgehead atoms. The summed E-state index contributed by atoms with van der Waals surface area (Å²) in [4.78, 5) is 0. The Bertz CT molecular complexity index is 436. The summed E-state index contributed by atoms with van der Waals surface area (Å²) in [6.07, 6.45) is 0. The van der Waals surface area contributed by atoms with Crippen LogP contribution in [0, 0.1) is 6.92 Å². The van der Waals surface area contributed by atoms with E-state index in [1.807, 2.05) is 6.07 Å². The largest absolute Gasteiger partial charge is 0.353 e. The lowest BCUT2D eigenvalue weighted by Crippen LogP contribution is -2.12. The summed E-state index contributed by atoms with van der Waals surface area (Å²) < 4.78 is 5.63. The van der Waals surface area contributed by atoms with E-state index in [1.54, 1.807) is 7.11 Å². The summed E-state index contributed by atoms with van der Waals surface area (Å²) in [6.45, 7) is 2.10. The molecule has 0 N–H and O–H groups in total. The van der Waals surface area contributed by atoms with E-state index >= 15 is 0 Å². The van der Waals surface area contributed by atoms with Gasteiger partial charge in [0.25, 0.3) is 0 Å². The Balaban J connectivity index is 2.33. The molecule has 0 radical (unpaired) electrons. The van der Waals surface area contributed by atoms with Crippen molar-refractivity contribution in [2.24, 2.45) is 0 Å². The van der Waals surface area contributed by atoms with E-state index in [2.05, 4.69) is 55.5 Å². The Hall–Kier alpha value is -1.17. The van der Waals surface area contributed by atoms with Crippen LogP contribution in [0.25, 0.3) is 0 Å². The lowest BCUT2D eigenvalue weighted by atomic mass is 10.2. The van der Waals surface area contributed by atoms with Crippen LogP contribution < -0.4 is 10.6 Å². The average Bonchev–Trinajstić information content (AvgIpc) is 2.34. The molecule has 0 aliphatic carbocycles. The van der Waals surface area contributed by atoms with Crippen LogP contribution in [0.3, 0.4) is 0 Å². The Morgan fingerprint density at radius 3 is 1.94 bits per heavy atom. The molecular formula is C14H15OP. The number of aryl methyl sites for hydroxylation is 1. The molecule has 0 heterocycles. The second-order valence-electron chi connectivity index (χ2n) is 3.65. The molecule has 1 nitrogen and oxygen atoms in total. The highest BCUT2D eigenvalue weighted by Crippen LogP contribution is 2.33. The van der Waals surface area contributed by atoms with Gasteiger partial charge in [-0.25, -0.2) is 0 Å². The van der Waals surface area contributed by atoms with Crippen molar-refractivity contribution in [1.29, 1.82) is 0 Å². The second kappa shape index (κ2) is 5.25. The Kier molecular flexibility index (Phi) is 3.71. The first-order chi connectivity index (χ1) is 7.81. The number of hydrogen-bond acceptors (Lipinski definition) is 1. The van der Waals surface area contributed by atoms with Crippen molar-refractivity contribution in [3.8, 4) is 0 Å². The zero-order valence-corrected chi connectivity index (χ0v) is 10.4. The summed E-state index contributed by atoms with van der Waals surface area (Å²) in [5, 5.41) is 2.51. The first-order valence-corrected chi connectivity index (χ1v) is 6.53. The SMILES string of the molecule is COP(c1ccccc1)c1ccc(C)cc1. The molecule has 0 aromatic heterocycles. The Morgan fingerprint density at radius 1 is 0.812 bits per heavy atom. The summed E-state index contributed by atoms with van der Waals surface area (Å²) >= 11 is 0. The van der Waals surface area contributed by atoms with Crippen LogP contribution >= 0.6 is 8.15 Å². The molecule has 0 saturated carbocycles. The third-order valence-electron chi connectivity index (χ3n) is 2.44. The van der Waals surface area contributed by atoms with E-state index in [0.29, 0.717) is 0 Å². The van der Waals surface area contributed by atoms with Crippen molar-refractivity contribution in [3.63, 3.8) is 0 Å². The maximum absolute atomic E-state index is 5.63. The molecule has 2 heteroatoms. The lowest BCUT2D eigenvalue weighted by molar-refractivity contribution is 0.474. The molecule has 0 saturated heterocycles. The van der Waals surface area contributed by atoms with Gasteiger partial charge in [0.2, 0.25) is 0 Å². The van der Waals surface area contributed by atoms with E-state index in [9.17, 15) is 0 Å². The molecule has 0 aliphatic heterocycles. The summed E-state index contributed by atoms with van der Waals surface area (Å²) in [7, 11) is 1.12. The van der Waals surface area contributed by atoms with Crippen molar-refractivity contribution in [2.45, 2.75) is 6.92 Å². The topological polar surface area (TPSA) is 9.23 Å². The molecule has 82 valence electrons. The van der Waals surface area contributed by atoms with Gasteiger partial charge in [0, 0.05) is 17.7 Å². The van der Waals surface area contributed by atoms with Gasteiger partial charge in [0.05, 0.1) is 8.15 Å². The molecular weight excluding hydrogens is 215 g/mol. The van der Waals surface area contributed by atoms with Crippen LogP contribution in [-0.2, 0) is 4.52 Å². The molecule has 2 rings (SSSR count). The molecule has 1 atom stereocenters. The predicted molar refractivity (Wildman–Crippen MR) is 70.8 cm³/mol. The van der Waals surface area contributed by atoms with Gasteiger partial charge in [-0.15, -0.1) is 0 Å². The monoisotopic (exact) mass is 230 g/mol. The number of hydrogen-bond donors (Lipinski definition) is 0. The van der Waals surface area contributed by atoms with Gasteiger partial charge in [-0.05, 0) is 6.92 Å². The van der Waals surface area contributed by atoms with Crippen LogP contribution in [0.2, 0.25) is 0 Å². The van der Waals surface area contributed by atoms with Gasteiger partial charge < -0.3 is 4.52 Å². The van der Waals surface area contributed by atoms with E-state index in [4.69, 9.17) is 4.52 Å². The van der Waals surface area contributed by atoms with Gasteiger partial charge >= 0.3 is 0 Å². The molecule has 2 aromatic rings. The first-order valence-electron chi connectivity index (χ1n) is 5.27. The van der Waals surface area contributed by atoms with Crippen molar-refractivity contribution in [1.82, 2.24) is 0 Å². The van der Waals surface area contributed by atoms with Gasteiger partial charge in [0.1, 0.15) is 0 Å².